The van der Waals surface area contributed by atoms with Gasteiger partial charge in [0.05, 0.1) is 5.69 Å². The first kappa shape index (κ1) is 21.7. The monoisotopic (exact) mass is 454 g/mol. The minimum Gasteiger partial charge on any atom is -0.454 e. The van der Waals surface area contributed by atoms with Crippen LogP contribution in [0.5, 0.6) is 0 Å². The summed E-state index contributed by atoms with van der Waals surface area (Å²) >= 11 is 0. The van der Waals surface area contributed by atoms with Crippen LogP contribution in [0, 0.1) is 0 Å². The van der Waals surface area contributed by atoms with Crippen molar-refractivity contribution in [2.45, 2.75) is 13.3 Å². The summed E-state index contributed by atoms with van der Waals surface area (Å²) in [4.78, 5) is 28.4. The highest BCUT2D eigenvalue weighted by Crippen LogP contribution is 2.30. The first-order valence-electron chi connectivity index (χ1n) is 11.5. The summed E-state index contributed by atoms with van der Waals surface area (Å²) in [7, 11) is 0. The molecule has 34 heavy (non-hydrogen) atoms. The van der Waals surface area contributed by atoms with Crippen LogP contribution in [0.3, 0.4) is 0 Å². The number of carbonyl (C=O) groups is 2. The first-order valence-corrected chi connectivity index (χ1v) is 11.5. The third-order valence-corrected chi connectivity index (χ3v) is 6.07. The molecular formula is C27H26N4O3. The van der Waals surface area contributed by atoms with Crippen LogP contribution in [0.1, 0.15) is 18.9 Å². The first-order chi connectivity index (χ1) is 16.6. The van der Waals surface area contributed by atoms with Crippen LogP contribution in [0.2, 0.25) is 0 Å². The Bertz CT molecular complexity index is 1310. The van der Waals surface area contributed by atoms with E-state index in [-0.39, 0.29) is 11.8 Å². The van der Waals surface area contributed by atoms with Gasteiger partial charge in [-0.3, -0.25) is 9.59 Å². The lowest BCUT2D eigenvalue weighted by molar-refractivity contribution is -0.136. The van der Waals surface area contributed by atoms with Gasteiger partial charge in [0, 0.05) is 55.8 Å². The summed E-state index contributed by atoms with van der Waals surface area (Å²) in [6.45, 7) is 4.08. The molecule has 0 atom stereocenters. The number of fused-ring (bicyclic) bond motifs is 1. The molecule has 7 heteroatoms. The number of piperazine rings is 1. The number of hydrogen-bond acceptors (Lipinski definition) is 4. The van der Waals surface area contributed by atoms with Crippen molar-refractivity contribution < 1.29 is 14.0 Å². The van der Waals surface area contributed by atoms with Gasteiger partial charge in [0.25, 0.3) is 0 Å². The molecule has 2 aromatic carbocycles. The molecule has 1 aliphatic heterocycles. The standard InChI is InChI=1S/C27H26N4O3/c1-2-25(32)29-14-16-30(17-15-29)26(33)13-12-21-19-31(22-9-4-3-5-10-22)28-27(21)24-18-20-8-6-7-11-23(20)34-24/h3-13,18-19H,2,14-17H2,1H3/b13-12+. The maximum Gasteiger partial charge on any atom is 0.246 e. The number of benzene rings is 2. The Kier molecular flexibility index (Phi) is 5.99. The predicted octanol–water partition coefficient (Wildman–Crippen LogP) is 4.38. The van der Waals surface area contributed by atoms with Crippen LogP contribution in [0.4, 0.5) is 0 Å². The fraction of sp³-hybridized carbons (Fsp3) is 0.222. The van der Waals surface area contributed by atoms with Crippen LogP contribution in [-0.4, -0.2) is 57.6 Å². The second kappa shape index (κ2) is 9.39. The Balaban J connectivity index is 1.42. The SMILES string of the molecule is CCC(=O)N1CCN(C(=O)/C=C/c2cn(-c3ccccc3)nc2-c2cc3ccccc3o2)CC1. The normalized spacial score (nSPS) is 14.3. The van der Waals surface area contributed by atoms with Gasteiger partial charge in [-0.25, -0.2) is 4.68 Å². The van der Waals surface area contributed by atoms with E-state index >= 15 is 0 Å². The highest BCUT2D eigenvalue weighted by Gasteiger charge is 2.22. The topological polar surface area (TPSA) is 71.6 Å². The largest absolute Gasteiger partial charge is 0.454 e. The average molecular weight is 455 g/mol. The number of hydrogen-bond donors (Lipinski definition) is 0. The van der Waals surface area contributed by atoms with Gasteiger partial charge in [-0.2, -0.15) is 5.10 Å². The third-order valence-electron chi connectivity index (χ3n) is 6.07. The molecule has 0 unspecified atom stereocenters. The quantitative estimate of drug-likeness (QED) is 0.420. The van der Waals surface area contributed by atoms with Crippen LogP contribution in [0.15, 0.2) is 77.4 Å². The minimum absolute atomic E-state index is 0.0772. The van der Waals surface area contributed by atoms with Gasteiger partial charge in [0.15, 0.2) is 5.76 Å². The number of carbonyl (C=O) groups excluding carboxylic acids is 2. The van der Waals surface area contributed by atoms with Crippen molar-refractivity contribution in [2.24, 2.45) is 0 Å². The van der Waals surface area contributed by atoms with E-state index in [0.717, 1.165) is 22.2 Å². The van der Waals surface area contributed by atoms with E-state index in [0.29, 0.717) is 44.1 Å². The van der Waals surface area contributed by atoms with E-state index < -0.39 is 0 Å². The molecule has 0 radical (unpaired) electrons. The minimum atomic E-state index is -0.0772. The number of rotatable bonds is 5. The van der Waals surface area contributed by atoms with Gasteiger partial charge >= 0.3 is 0 Å². The fourth-order valence-corrected chi connectivity index (χ4v) is 4.18. The van der Waals surface area contributed by atoms with Crippen LogP contribution < -0.4 is 0 Å². The highest BCUT2D eigenvalue weighted by atomic mass is 16.3. The summed E-state index contributed by atoms with van der Waals surface area (Å²) in [6, 6.07) is 19.6. The van der Waals surface area contributed by atoms with Gasteiger partial charge in [0.2, 0.25) is 11.8 Å². The second-order valence-electron chi connectivity index (χ2n) is 8.25. The number of aromatic nitrogens is 2. The lowest BCUT2D eigenvalue weighted by atomic mass is 10.1. The lowest BCUT2D eigenvalue weighted by Gasteiger charge is -2.34. The van der Waals surface area contributed by atoms with Gasteiger partial charge in [-0.1, -0.05) is 43.3 Å². The van der Waals surface area contributed by atoms with Gasteiger partial charge < -0.3 is 14.2 Å². The van der Waals surface area contributed by atoms with Crippen LogP contribution in [0.25, 0.3) is 34.2 Å². The van der Waals surface area contributed by atoms with E-state index in [2.05, 4.69) is 0 Å². The molecule has 0 N–H and O–H groups in total. The van der Waals surface area contributed by atoms with Crippen molar-refractivity contribution in [1.82, 2.24) is 19.6 Å². The van der Waals surface area contributed by atoms with Crippen molar-refractivity contribution in [3.63, 3.8) is 0 Å². The third kappa shape index (κ3) is 4.37. The molecule has 0 saturated carbocycles. The molecule has 0 bridgehead atoms. The molecule has 172 valence electrons. The van der Waals surface area contributed by atoms with Gasteiger partial charge in [-0.15, -0.1) is 0 Å². The number of furan rings is 1. The molecule has 0 aliphatic carbocycles. The van der Waals surface area contributed by atoms with Gasteiger partial charge in [0.1, 0.15) is 11.3 Å². The maximum absolute atomic E-state index is 12.9. The summed E-state index contributed by atoms with van der Waals surface area (Å²) in [5.74, 6) is 0.702. The molecule has 1 fully saturated rings. The van der Waals surface area contributed by atoms with E-state index in [1.807, 2.05) is 78.7 Å². The van der Waals surface area contributed by atoms with E-state index in [4.69, 9.17) is 9.52 Å². The van der Waals surface area contributed by atoms with Crippen molar-refractivity contribution in [3.05, 3.63) is 78.5 Å². The maximum atomic E-state index is 12.9. The number of amides is 2. The smallest absolute Gasteiger partial charge is 0.246 e. The highest BCUT2D eigenvalue weighted by molar-refractivity contribution is 5.93. The number of para-hydroxylation sites is 2. The Morgan fingerprint density at radius 3 is 2.41 bits per heavy atom. The Hall–Kier alpha value is -4.13. The summed E-state index contributed by atoms with van der Waals surface area (Å²) < 4.78 is 7.86. The molecule has 7 nitrogen and oxygen atoms in total. The fourth-order valence-electron chi connectivity index (χ4n) is 4.18. The van der Waals surface area contributed by atoms with E-state index in [9.17, 15) is 9.59 Å². The molecule has 4 aromatic rings. The Labute approximate surface area is 197 Å². The molecule has 1 aliphatic rings. The molecular weight excluding hydrogens is 428 g/mol. The zero-order valence-electron chi connectivity index (χ0n) is 19.1. The predicted molar refractivity (Wildman–Crippen MR) is 131 cm³/mol. The molecule has 5 rings (SSSR count). The Morgan fingerprint density at radius 1 is 0.971 bits per heavy atom. The molecule has 3 heterocycles. The summed E-state index contributed by atoms with van der Waals surface area (Å²) in [5.41, 5.74) is 3.17. The molecule has 2 amide bonds. The van der Waals surface area contributed by atoms with Crippen LogP contribution in [-0.2, 0) is 9.59 Å². The Morgan fingerprint density at radius 2 is 1.68 bits per heavy atom. The molecule has 2 aromatic heterocycles. The van der Waals surface area contributed by atoms with Crippen molar-refractivity contribution in [1.29, 1.82) is 0 Å². The average Bonchev–Trinajstić information content (AvgIpc) is 3.51. The van der Waals surface area contributed by atoms with Gasteiger partial charge in [-0.05, 0) is 30.3 Å². The van der Waals surface area contributed by atoms with Crippen LogP contribution >= 0.6 is 0 Å². The molecule has 0 spiro atoms. The summed E-state index contributed by atoms with van der Waals surface area (Å²) in [5, 5.41) is 5.78. The van der Waals surface area contributed by atoms with Crippen molar-refractivity contribution >= 4 is 28.9 Å². The van der Waals surface area contributed by atoms with Crippen molar-refractivity contribution in [3.8, 4) is 17.1 Å². The zero-order chi connectivity index (χ0) is 23.5. The second-order valence-corrected chi connectivity index (χ2v) is 8.25. The summed E-state index contributed by atoms with van der Waals surface area (Å²) in [6.07, 6.45) is 5.76. The van der Waals surface area contributed by atoms with E-state index in [1.165, 1.54) is 0 Å². The lowest BCUT2D eigenvalue weighted by Crippen LogP contribution is -2.50. The zero-order valence-corrected chi connectivity index (χ0v) is 19.1. The van der Waals surface area contributed by atoms with Crippen molar-refractivity contribution in [2.75, 3.05) is 26.2 Å². The van der Waals surface area contributed by atoms with E-state index in [1.54, 1.807) is 21.7 Å². The molecule has 1 saturated heterocycles. The number of nitrogens with zero attached hydrogens (tertiary/aromatic N) is 4.